The molecular weight excluding hydrogens is 251 g/mol. The molecule has 17 heavy (non-hydrogen) atoms. The van der Waals surface area contributed by atoms with Crippen LogP contribution in [0.1, 0.15) is 12.1 Å². The maximum Gasteiger partial charge on any atom is 0.307 e. The van der Waals surface area contributed by atoms with Crippen LogP contribution in [0, 0.1) is 0 Å². The molecule has 1 aromatic rings. The predicted octanol–water partition coefficient (Wildman–Crippen LogP) is 0.117. The van der Waals surface area contributed by atoms with Gasteiger partial charge in [0.15, 0.2) is 6.39 Å². The molecule has 0 aliphatic carbocycles. The van der Waals surface area contributed by atoms with Crippen molar-refractivity contribution in [1.29, 1.82) is 0 Å². The third-order valence-corrected chi connectivity index (χ3v) is 3.81. The molecule has 8 heteroatoms. The van der Waals surface area contributed by atoms with Crippen molar-refractivity contribution < 1.29 is 21.5 Å². The number of likely N-dealkylation sites (tertiary alicyclic amines) is 1. The summed E-state index contributed by atoms with van der Waals surface area (Å²) in [5.74, 6) is -0.347. The van der Waals surface area contributed by atoms with E-state index in [9.17, 15) is 17.1 Å². The van der Waals surface area contributed by atoms with Gasteiger partial charge in [0.25, 0.3) is 0 Å². The van der Waals surface area contributed by atoms with Crippen LogP contribution in [0.15, 0.2) is 17.1 Å². The Balaban J connectivity index is 1.93. The van der Waals surface area contributed by atoms with Crippen LogP contribution in [-0.4, -0.2) is 42.5 Å². The van der Waals surface area contributed by atoms with E-state index in [-0.39, 0.29) is 18.9 Å². The van der Waals surface area contributed by atoms with Gasteiger partial charge in [-0.25, -0.2) is 4.98 Å². The molecule has 2 rings (SSSR count). The van der Waals surface area contributed by atoms with Gasteiger partial charge < -0.3 is 9.32 Å². The van der Waals surface area contributed by atoms with Crippen LogP contribution in [-0.2, 0) is 21.4 Å². The van der Waals surface area contributed by atoms with Gasteiger partial charge in [-0.1, -0.05) is 0 Å². The number of carbonyl (C=O) groups excluding carboxylic acids is 1. The Labute approximate surface area is 97.6 Å². The SMILES string of the molecule is O=C1CC(S(=O)(=O)F)CN1CCc1cocn1. The first-order valence-corrected chi connectivity index (χ1v) is 6.50. The lowest BCUT2D eigenvalue weighted by Crippen LogP contribution is -2.29. The molecular formula is C9H11FN2O4S. The summed E-state index contributed by atoms with van der Waals surface area (Å²) >= 11 is 0. The van der Waals surface area contributed by atoms with E-state index in [1.165, 1.54) is 17.6 Å². The van der Waals surface area contributed by atoms with Gasteiger partial charge in [-0.15, -0.1) is 3.89 Å². The monoisotopic (exact) mass is 262 g/mol. The first-order valence-electron chi connectivity index (χ1n) is 5.05. The Morgan fingerprint density at radius 1 is 1.59 bits per heavy atom. The molecule has 6 nitrogen and oxygen atoms in total. The van der Waals surface area contributed by atoms with Crippen molar-refractivity contribution in [3.8, 4) is 0 Å². The molecule has 0 radical (unpaired) electrons. The third kappa shape index (κ3) is 2.82. The summed E-state index contributed by atoms with van der Waals surface area (Å²) < 4.78 is 38.9. The quantitative estimate of drug-likeness (QED) is 0.720. The van der Waals surface area contributed by atoms with E-state index in [1.807, 2.05) is 0 Å². The van der Waals surface area contributed by atoms with Gasteiger partial charge in [0.2, 0.25) is 5.91 Å². The predicted molar refractivity (Wildman–Crippen MR) is 55.2 cm³/mol. The maximum absolute atomic E-state index is 12.7. The molecule has 0 aromatic carbocycles. The van der Waals surface area contributed by atoms with Gasteiger partial charge >= 0.3 is 10.2 Å². The summed E-state index contributed by atoms with van der Waals surface area (Å²) in [6.45, 7) is 0.229. The molecule has 0 N–H and O–H groups in total. The summed E-state index contributed by atoms with van der Waals surface area (Å²) in [5, 5.41) is -1.23. The number of hydrogen-bond donors (Lipinski definition) is 0. The van der Waals surface area contributed by atoms with Crippen LogP contribution in [0.4, 0.5) is 3.89 Å². The fourth-order valence-electron chi connectivity index (χ4n) is 1.75. The van der Waals surface area contributed by atoms with Crippen molar-refractivity contribution in [3.05, 3.63) is 18.4 Å². The lowest BCUT2D eigenvalue weighted by Gasteiger charge is -2.14. The zero-order chi connectivity index (χ0) is 12.5. The van der Waals surface area contributed by atoms with Crippen LogP contribution in [0.2, 0.25) is 0 Å². The molecule has 94 valence electrons. The van der Waals surface area contributed by atoms with Gasteiger partial charge in [0, 0.05) is 25.9 Å². The fourth-order valence-corrected chi connectivity index (χ4v) is 2.45. The smallest absolute Gasteiger partial charge is 0.307 e. The van der Waals surface area contributed by atoms with Crippen molar-refractivity contribution in [2.24, 2.45) is 0 Å². The van der Waals surface area contributed by atoms with E-state index in [4.69, 9.17) is 4.42 Å². The van der Waals surface area contributed by atoms with Crippen LogP contribution >= 0.6 is 0 Å². The largest absolute Gasteiger partial charge is 0.451 e. The van der Waals surface area contributed by atoms with E-state index in [2.05, 4.69) is 4.98 Å². The van der Waals surface area contributed by atoms with E-state index in [0.717, 1.165) is 0 Å². The molecule has 0 bridgehead atoms. The highest BCUT2D eigenvalue weighted by Gasteiger charge is 2.38. The van der Waals surface area contributed by atoms with Gasteiger partial charge in [-0.2, -0.15) is 8.42 Å². The summed E-state index contributed by atoms with van der Waals surface area (Å²) in [6, 6.07) is 0. The Hall–Kier alpha value is -1.44. The van der Waals surface area contributed by atoms with E-state index >= 15 is 0 Å². The van der Waals surface area contributed by atoms with Crippen molar-refractivity contribution in [2.45, 2.75) is 18.1 Å². The zero-order valence-corrected chi connectivity index (χ0v) is 9.69. The molecule has 1 aliphatic rings. The molecule has 1 saturated heterocycles. The highest BCUT2D eigenvalue weighted by molar-refractivity contribution is 7.87. The number of oxazole rings is 1. The fraction of sp³-hybridized carbons (Fsp3) is 0.556. The second-order valence-electron chi connectivity index (χ2n) is 3.87. The van der Waals surface area contributed by atoms with Gasteiger partial charge in [0.05, 0.1) is 5.69 Å². The highest BCUT2D eigenvalue weighted by Crippen LogP contribution is 2.19. The molecule has 2 heterocycles. The standard InChI is InChI=1S/C9H11FN2O4S/c10-17(14,15)8-3-9(13)12(4-8)2-1-7-5-16-6-11-7/h5-6,8H,1-4H2. The van der Waals surface area contributed by atoms with Gasteiger partial charge in [-0.3, -0.25) is 4.79 Å². The summed E-state index contributed by atoms with van der Waals surface area (Å²) in [7, 11) is -4.64. The maximum atomic E-state index is 12.7. The number of carbonyl (C=O) groups is 1. The van der Waals surface area contributed by atoms with Crippen LogP contribution < -0.4 is 0 Å². The number of aromatic nitrogens is 1. The Morgan fingerprint density at radius 2 is 2.35 bits per heavy atom. The molecule has 0 spiro atoms. The molecule has 0 saturated carbocycles. The van der Waals surface area contributed by atoms with Crippen molar-refractivity contribution in [1.82, 2.24) is 9.88 Å². The third-order valence-electron chi connectivity index (χ3n) is 2.70. The minimum Gasteiger partial charge on any atom is -0.451 e. The number of nitrogens with zero attached hydrogens (tertiary/aromatic N) is 2. The average molecular weight is 262 g/mol. The Kier molecular flexibility index (Phi) is 3.14. The van der Waals surface area contributed by atoms with E-state index < -0.39 is 15.5 Å². The van der Waals surface area contributed by atoms with Crippen molar-refractivity contribution >= 4 is 16.1 Å². The number of halogens is 1. The second-order valence-corrected chi connectivity index (χ2v) is 5.49. The number of hydrogen-bond acceptors (Lipinski definition) is 5. The highest BCUT2D eigenvalue weighted by atomic mass is 32.3. The zero-order valence-electron chi connectivity index (χ0n) is 8.87. The summed E-state index contributed by atoms with van der Waals surface area (Å²) in [4.78, 5) is 16.6. The van der Waals surface area contributed by atoms with Crippen molar-refractivity contribution in [3.63, 3.8) is 0 Å². The average Bonchev–Trinajstić information content (AvgIpc) is 2.83. The summed E-state index contributed by atoms with van der Waals surface area (Å²) in [6.07, 6.45) is 2.90. The lowest BCUT2D eigenvalue weighted by molar-refractivity contribution is -0.127. The topological polar surface area (TPSA) is 80.5 Å². The van der Waals surface area contributed by atoms with Crippen LogP contribution in [0.3, 0.4) is 0 Å². The molecule has 1 unspecified atom stereocenters. The molecule has 1 aromatic heterocycles. The minimum absolute atomic E-state index is 0.0878. The molecule has 1 atom stereocenters. The summed E-state index contributed by atoms with van der Waals surface area (Å²) in [5.41, 5.74) is 0.671. The lowest BCUT2D eigenvalue weighted by atomic mass is 10.3. The second kappa shape index (κ2) is 4.44. The Morgan fingerprint density at radius 3 is 2.88 bits per heavy atom. The minimum atomic E-state index is -4.64. The van der Waals surface area contributed by atoms with E-state index in [0.29, 0.717) is 18.7 Å². The van der Waals surface area contributed by atoms with Crippen LogP contribution in [0.25, 0.3) is 0 Å². The molecule has 1 amide bonds. The number of rotatable bonds is 4. The van der Waals surface area contributed by atoms with Crippen molar-refractivity contribution in [2.75, 3.05) is 13.1 Å². The normalized spacial score (nSPS) is 21.1. The first kappa shape index (κ1) is 12.0. The molecule has 1 fully saturated rings. The van der Waals surface area contributed by atoms with Crippen LogP contribution in [0.5, 0.6) is 0 Å². The Bertz CT molecular complexity index is 499. The van der Waals surface area contributed by atoms with Gasteiger partial charge in [0.1, 0.15) is 11.5 Å². The molecule has 1 aliphatic heterocycles. The number of amides is 1. The first-order chi connectivity index (χ1) is 7.97. The van der Waals surface area contributed by atoms with E-state index in [1.54, 1.807) is 0 Å². The van der Waals surface area contributed by atoms with Gasteiger partial charge in [-0.05, 0) is 0 Å².